The van der Waals surface area contributed by atoms with Crippen molar-refractivity contribution in [2.24, 2.45) is 0 Å². The van der Waals surface area contributed by atoms with Crippen LogP contribution in [0, 0.1) is 0 Å². The van der Waals surface area contributed by atoms with E-state index in [0.29, 0.717) is 12.4 Å². The molecule has 0 radical (unpaired) electrons. The highest BCUT2D eigenvalue weighted by Crippen LogP contribution is 2.15. The van der Waals surface area contributed by atoms with Gasteiger partial charge >= 0.3 is 0 Å². The molecule has 2 rings (SSSR count). The number of nitrogens with zero attached hydrogens (tertiary/aromatic N) is 1. The van der Waals surface area contributed by atoms with Gasteiger partial charge in [0, 0.05) is 12.7 Å². The summed E-state index contributed by atoms with van der Waals surface area (Å²) in [6, 6.07) is 3.57. The first-order chi connectivity index (χ1) is 5.17. The highest BCUT2D eigenvalue weighted by Gasteiger charge is 2.18. The van der Waals surface area contributed by atoms with Gasteiger partial charge < -0.3 is 4.57 Å². The average molecular weight is 172 g/mol. The quantitative estimate of drug-likeness (QED) is 0.609. The van der Waals surface area contributed by atoms with E-state index < -0.39 is 10.0 Å². The monoisotopic (exact) mass is 172 g/mol. The van der Waals surface area contributed by atoms with Gasteiger partial charge in [-0.15, -0.1) is 0 Å². The zero-order valence-electron chi connectivity index (χ0n) is 5.82. The van der Waals surface area contributed by atoms with E-state index in [-0.39, 0.29) is 5.75 Å². The summed E-state index contributed by atoms with van der Waals surface area (Å²) < 4.78 is 26.3. The van der Waals surface area contributed by atoms with Crippen molar-refractivity contribution in [1.82, 2.24) is 4.57 Å². The molecule has 4 nitrogen and oxygen atoms in total. The smallest absolute Gasteiger partial charge is 0.235 e. The molecule has 0 atom stereocenters. The van der Waals surface area contributed by atoms with Crippen LogP contribution in [0.1, 0.15) is 0 Å². The number of hydrogen-bond acceptors (Lipinski definition) is 2. The van der Waals surface area contributed by atoms with Gasteiger partial charge in [-0.1, -0.05) is 0 Å². The summed E-state index contributed by atoms with van der Waals surface area (Å²) in [5, 5.41) is 0. The molecular formula is C6H8N2O2S. The minimum atomic E-state index is -3.04. The van der Waals surface area contributed by atoms with Crippen molar-refractivity contribution in [3.63, 3.8) is 0 Å². The van der Waals surface area contributed by atoms with E-state index in [2.05, 4.69) is 4.72 Å². The first-order valence-corrected chi connectivity index (χ1v) is 4.98. The van der Waals surface area contributed by atoms with E-state index in [9.17, 15) is 8.42 Å². The van der Waals surface area contributed by atoms with Gasteiger partial charge in [-0.3, -0.25) is 4.72 Å². The molecule has 0 amide bonds. The largest absolute Gasteiger partial charge is 0.333 e. The van der Waals surface area contributed by atoms with Crippen LogP contribution in [0.5, 0.6) is 0 Å². The van der Waals surface area contributed by atoms with Crippen LogP contribution >= 0.6 is 0 Å². The Morgan fingerprint density at radius 1 is 1.55 bits per heavy atom. The van der Waals surface area contributed by atoms with Gasteiger partial charge in [-0.25, -0.2) is 8.42 Å². The van der Waals surface area contributed by atoms with Crippen molar-refractivity contribution < 1.29 is 8.42 Å². The standard InChI is InChI=1S/C6H8N2O2S/c9-11(10)5-4-8-3-1-2-6(8)7-11/h1-3,7H,4-5H2. The fourth-order valence-corrected chi connectivity index (χ4v) is 2.17. The lowest BCUT2D eigenvalue weighted by Gasteiger charge is -2.16. The van der Waals surface area contributed by atoms with Gasteiger partial charge in [0.2, 0.25) is 10.0 Å². The highest BCUT2D eigenvalue weighted by molar-refractivity contribution is 7.92. The fourth-order valence-electron chi connectivity index (χ4n) is 1.13. The Hall–Kier alpha value is -0.970. The molecule has 1 aromatic heterocycles. The van der Waals surface area contributed by atoms with Gasteiger partial charge in [0.15, 0.2) is 0 Å². The lowest BCUT2D eigenvalue weighted by Crippen LogP contribution is -2.27. The van der Waals surface area contributed by atoms with Crippen LogP contribution in [0.4, 0.5) is 5.82 Å². The maximum absolute atomic E-state index is 11.0. The molecule has 0 saturated carbocycles. The molecule has 0 saturated heterocycles. The molecule has 1 aliphatic rings. The summed E-state index contributed by atoms with van der Waals surface area (Å²) in [7, 11) is -3.04. The van der Waals surface area contributed by atoms with Crippen molar-refractivity contribution in [2.45, 2.75) is 6.54 Å². The predicted octanol–water partition coefficient (Wildman–Crippen LogP) is 0.243. The van der Waals surface area contributed by atoms with Crippen LogP contribution in [-0.4, -0.2) is 18.7 Å². The second kappa shape index (κ2) is 2.01. The topological polar surface area (TPSA) is 51.1 Å². The molecule has 0 unspecified atom stereocenters. The fraction of sp³-hybridized carbons (Fsp3) is 0.333. The number of hydrogen-bond donors (Lipinski definition) is 1. The Balaban J connectivity index is 2.47. The van der Waals surface area contributed by atoms with Crippen LogP contribution in [0.2, 0.25) is 0 Å². The number of nitrogens with one attached hydrogen (secondary N) is 1. The third-order valence-corrected chi connectivity index (χ3v) is 2.93. The molecule has 60 valence electrons. The van der Waals surface area contributed by atoms with Crippen LogP contribution in [0.3, 0.4) is 0 Å². The maximum atomic E-state index is 11.0. The first-order valence-electron chi connectivity index (χ1n) is 3.33. The predicted molar refractivity (Wildman–Crippen MR) is 41.8 cm³/mol. The Labute approximate surface area is 64.9 Å². The maximum Gasteiger partial charge on any atom is 0.235 e. The van der Waals surface area contributed by atoms with E-state index >= 15 is 0 Å². The number of aryl methyl sites for hydroxylation is 1. The lowest BCUT2D eigenvalue weighted by molar-refractivity contribution is 0.588. The van der Waals surface area contributed by atoms with Crippen molar-refractivity contribution in [1.29, 1.82) is 0 Å². The van der Waals surface area contributed by atoms with Crippen LogP contribution < -0.4 is 4.72 Å². The molecule has 0 fully saturated rings. The first kappa shape index (κ1) is 6.72. The second-order valence-corrected chi connectivity index (χ2v) is 4.35. The van der Waals surface area contributed by atoms with E-state index in [0.717, 1.165) is 0 Å². The van der Waals surface area contributed by atoms with Crippen molar-refractivity contribution in [3.8, 4) is 0 Å². The van der Waals surface area contributed by atoms with Crippen LogP contribution in [0.15, 0.2) is 18.3 Å². The second-order valence-electron chi connectivity index (χ2n) is 2.51. The summed E-state index contributed by atoms with van der Waals surface area (Å²) in [5.74, 6) is 0.838. The molecule has 0 bridgehead atoms. The Morgan fingerprint density at radius 3 is 3.18 bits per heavy atom. The van der Waals surface area contributed by atoms with Gasteiger partial charge in [-0.05, 0) is 12.1 Å². The third-order valence-electron chi connectivity index (χ3n) is 1.69. The van der Waals surface area contributed by atoms with Gasteiger partial charge in [0.05, 0.1) is 5.75 Å². The summed E-state index contributed by atoms with van der Waals surface area (Å²) >= 11 is 0. The Morgan fingerprint density at radius 2 is 2.36 bits per heavy atom. The SMILES string of the molecule is O=S1(=O)CCn2cccc2N1. The molecule has 0 aromatic carbocycles. The number of aromatic nitrogens is 1. The lowest BCUT2D eigenvalue weighted by atomic mass is 10.6. The summed E-state index contributed by atoms with van der Waals surface area (Å²) in [5.41, 5.74) is 0. The van der Waals surface area contributed by atoms with Gasteiger partial charge in [0.25, 0.3) is 0 Å². The summed E-state index contributed by atoms with van der Waals surface area (Å²) in [6.45, 7) is 0.553. The van der Waals surface area contributed by atoms with E-state index in [1.165, 1.54) is 0 Å². The zero-order chi connectivity index (χ0) is 7.90. The minimum Gasteiger partial charge on any atom is -0.333 e. The normalized spacial score (nSPS) is 20.4. The molecule has 1 aliphatic heterocycles. The molecule has 5 heteroatoms. The Bertz CT molecular complexity index is 366. The van der Waals surface area contributed by atoms with E-state index in [4.69, 9.17) is 0 Å². The molecule has 1 aromatic rings. The Kier molecular flexibility index (Phi) is 1.23. The molecule has 1 N–H and O–H groups in total. The number of rotatable bonds is 0. The zero-order valence-corrected chi connectivity index (χ0v) is 6.63. The highest BCUT2D eigenvalue weighted by atomic mass is 32.2. The molecule has 11 heavy (non-hydrogen) atoms. The van der Waals surface area contributed by atoms with Crippen molar-refractivity contribution in [3.05, 3.63) is 18.3 Å². The number of sulfonamides is 1. The summed E-state index contributed by atoms with van der Waals surface area (Å²) in [4.78, 5) is 0. The van der Waals surface area contributed by atoms with Gasteiger partial charge in [0.1, 0.15) is 5.82 Å². The van der Waals surface area contributed by atoms with Crippen LogP contribution in [-0.2, 0) is 16.6 Å². The van der Waals surface area contributed by atoms with Gasteiger partial charge in [-0.2, -0.15) is 0 Å². The molecular weight excluding hydrogens is 164 g/mol. The molecule has 2 heterocycles. The van der Waals surface area contributed by atoms with Crippen molar-refractivity contribution >= 4 is 15.8 Å². The van der Waals surface area contributed by atoms with Crippen molar-refractivity contribution in [2.75, 3.05) is 10.5 Å². The summed E-state index contributed by atoms with van der Waals surface area (Å²) in [6.07, 6.45) is 1.86. The average Bonchev–Trinajstić information content (AvgIpc) is 2.31. The van der Waals surface area contributed by atoms with Crippen LogP contribution in [0.25, 0.3) is 0 Å². The van der Waals surface area contributed by atoms with E-state index in [1.807, 2.05) is 16.8 Å². The number of anilines is 1. The molecule has 0 aliphatic carbocycles. The number of fused-ring (bicyclic) bond motifs is 1. The third kappa shape index (κ3) is 1.11. The minimum absolute atomic E-state index is 0.175. The molecule has 0 spiro atoms. The van der Waals surface area contributed by atoms with E-state index in [1.54, 1.807) is 6.07 Å².